The molecular weight excluding hydrogens is 312 g/mol. The summed E-state index contributed by atoms with van der Waals surface area (Å²) in [5.41, 5.74) is 0. The summed E-state index contributed by atoms with van der Waals surface area (Å²) in [5.74, 6) is -1.84. The minimum atomic E-state index is -2.17. The highest BCUT2D eigenvalue weighted by Gasteiger charge is 2.48. The zero-order valence-corrected chi connectivity index (χ0v) is 15.7. The molecule has 0 amide bonds. The van der Waals surface area contributed by atoms with E-state index in [-0.39, 0.29) is 11.6 Å². The number of aliphatic carboxylic acids is 1. The van der Waals surface area contributed by atoms with Gasteiger partial charge in [0.15, 0.2) is 19.5 Å². The fourth-order valence-corrected chi connectivity index (χ4v) is 3.48. The van der Waals surface area contributed by atoms with Crippen molar-refractivity contribution in [3.8, 4) is 0 Å². The lowest BCUT2D eigenvalue weighted by atomic mass is 10.1. The standard InChI is InChI=1S/C14H27ClO5Si/c1-13(2,3)21(6,7)20-11(10(15)12(16)17)9-8-18-14(4,5)19-9/h9-11H,8H2,1-7H3,(H,16,17)/t9-,10?,11?/m1/s1. The van der Waals surface area contributed by atoms with E-state index in [4.69, 9.17) is 25.5 Å². The predicted octanol–water partition coefficient (Wildman–Crippen LogP) is 3.22. The SMILES string of the molecule is CC1(C)OC[C@H](C(O[Si](C)(C)C(C)(C)C)C(Cl)C(=O)O)O1. The third kappa shape index (κ3) is 4.66. The van der Waals surface area contributed by atoms with E-state index < -0.39 is 37.7 Å². The Morgan fingerprint density at radius 2 is 1.95 bits per heavy atom. The van der Waals surface area contributed by atoms with Gasteiger partial charge in [-0.15, -0.1) is 11.6 Å². The minimum Gasteiger partial charge on any atom is -0.480 e. The summed E-state index contributed by atoms with van der Waals surface area (Å²) in [5, 5.41) is 8.04. The van der Waals surface area contributed by atoms with Gasteiger partial charge in [-0.2, -0.15) is 0 Å². The van der Waals surface area contributed by atoms with E-state index in [1.54, 1.807) is 13.8 Å². The number of rotatable bonds is 5. The van der Waals surface area contributed by atoms with Gasteiger partial charge in [-0.1, -0.05) is 20.8 Å². The number of ether oxygens (including phenoxy) is 2. The van der Waals surface area contributed by atoms with Crippen LogP contribution < -0.4 is 0 Å². The van der Waals surface area contributed by atoms with Gasteiger partial charge in [0.1, 0.15) is 12.2 Å². The van der Waals surface area contributed by atoms with Crippen molar-refractivity contribution in [2.75, 3.05) is 6.61 Å². The highest BCUT2D eigenvalue weighted by atomic mass is 35.5. The zero-order valence-electron chi connectivity index (χ0n) is 13.9. The van der Waals surface area contributed by atoms with Gasteiger partial charge in [0.25, 0.3) is 0 Å². The largest absolute Gasteiger partial charge is 0.480 e. The van der Waals surface area contributed by atoms with Crippen LogP contribution in [0.3, 0.4) is 0 Å². The second-order valence-corrected chi connectivity index (χ2v) is 12.7. The second-order valence-electron chi connectivity index (χ2n) is 7.45. The molecule has 1 aliphatic heterocycles. The Balaban J connectivity index is 2.97. The first-order valence-electron chi connectivity index (χ1n) is 7.13. The maximum absolute atomic E-state index is 11.3. The van der Waals surface area contributed by atoms with Crippen LogP contribution >= 0.6 is 11.6 Å². The smallest absolute Gasteiger partial charge is 0.324 e. The highest BCUT2D eigenvalue weighted by Crippen LogP contribution is 2.39. The average Bonchev–Trinajstić information content (AvgIpc) is 2.63. The Labute approximate surface area is 133 Å². The van der Waals surface area contributed by atoms with Gasteiger partial charge in [-0.25, -0.2) is 0 Å². The molecule has 0 bridgehead atoms. The van der Waals surface area contributed by atoms with Gasteiger partial charge < -0.3 is 19.0 Å². The fraction of sp³-hybridized carbons (Fsp3) is 0.929. The van der Waals surface area contributed by atoms with Crippen molar-refractivity contribution in [3.05, 3.63) is 0 Å². The second kappa shape index (κ2) is 6.16. The minimum absolute atomic E-state index is 0.0463. The fourth-order valence-electron chi connectivity index (χ4n) is 1.86. The normalized spacial score (nSPS) is 25.6. The lowest BCUT2D eigenvalue weighted by molar-refractivity contribution is -0.155. The zero-order chi connectivity index (χ0) is 16.6. The van der Waals surface area contributed by atoms with E-state index >= 15 is 0 Å². The average molecular weight is 339 g/mol. The van der Waals surface area contributed by atoms with Crippen LogP contribution in [0.15, 0.2) is 0 Å². The third-order valence-corrected chi connectivity index (χ3v) is 9.07. The molecule has 7 heteroatoms. The number of carbonyl (C=O) groups is 1. The van der Waals surface area contributed by atoms with E-state index in [0.29, 0.717) is 0 Å². The molecule has 1 fully saturated rings. The first-order chi connectivity index (χ1) is 9.27. The summed E-state index contributed by atoms with van der Waals surface area (Å²) < 4.78 is 17.5. The Kier molecular flexibility index (Phi) is 5.55. The molecule has 1 saturated heterocycles. The molecule has 0 aliphatic carbocycles. The molecule has 1 heterocycles. The number of alkyl halides is 1. The van der Waals surface area contributed by atoms with Gasteiger partial charge in [0.2, 0.25) is 0 Å². The molecule has 2 unspecified atom stereocenters. The number of hydrogen-bond donors (Lipinski definition) is 1. The molecule has 1 N–H and O–H groups in total. The van der Waals surface area contributed by atoms with Gasteiger partial charge in [-0.3, -0.25) is 4.79 Å². The van der Waals surface area contributed by atoms with Crippen LogP contribution in [0.4, 0.5) is 0 Å². The van der Waals surface area contributed by atoms with E-state index in [1.807, 2.05) is 0 Å². The summed E-state index contributed by atoms with van der Waals surface area (Å²) in [6, 6.07) is 0. The number of halogens is 1. The molecule has 0 aromatic carbocycles. The quantitative estimate of drug-likeness (QED) is 0.616. The summed E-state index contributed by atoms with van der Waals surface area (Å²) >= 11 is 6.07. The molecule has 3 atom stereocenters. The van der Waals surface area contributed by atoms with Crippen molar-refractivity contribution in [2.45, 2.75) is 76.1 Å². The number of carboxylic acid groups (broad SMARTS) is 1. The van der Waals surface area contributed by atoms with Crippen molar-refractivity contribution in [2.24, 2.45) is 0 Å². The van der Waals surface area contributed by atoms with Crippen LogP contribution in [0.5, 0.6) is 0 Å². The summed E-state index contributed by atoms with van der Waals surface area (Å²) in [7, 11) is -2.17. The van der Waals surface area contributed by atoms with Crippen LogP contribution in [0.2, 0.25) is 18.1 Å². The lowest BCUT2D eigenvalue weighted by Gasteiger charge is -2.41. The van der Waals surface area contributed by atoms with Crippen LogP contribution in [0.25, 0.3) is 0 Å². The maximum atomic E-state index is 11.3. The van der Waals surface area contributed by atoms with Gasteiger partial charge in [-0.05, 0) is 32.0 Å². The molecule has 1 rings (SSSR count). The molecule has 124 valence electrons. The van der Waals surface area contributed by atoms with E-state index in [1.165, 1.54) is 0 Å². The Hall–Kier alpha value is -0.143. The topological polar surface area (TPSA) is 65.0 Å². The monoisotopic (exact) mass is 338 g/mol. The molecular formula is C14H27ClO5Si. The van der Waals surface area contributed by atoms with Crippen molar-refractivity contribution < 1.29 is 23.8 Å². The Morgan fingerprint density at radius 1 is 1.43 bits per heavy atom. The van der Waals surface area contributed by atoms with Crippen LogP contribution in [-0.2, 0) is 18.7 Å². The number of carboxylic acids is 1. The summed E-state index contributed by atoms with van der Waals surface area (Å²) in [6.45, 7) is 14.3. The maximum Gasteiger partial charge on any atom is 0.324 e. The Bertz CT molecular complexity index is 391. The molecule has 0 spiro atoms. The molecule has 0 aromatic rings. The van der Waals surface area contributed by atoms with Crippen molar-refractivity contribution in [3.63, 3.8) is 0 Å². The van der Waals surface area contributed by atoms with Gasteiger partial charge >= 0.3 is 5.97 Å². The van der Waals surface area contributed by atoms with Gasteiger partial charge in [0, 0.05) is 0 Å². The molecule has 0 saturated carbocycles. The number of hydrogen-bond acceptors (Lipinski definition) is 4. The van der Waals surface area contributed by atoms with Crippen molar-refractivity contribution in [1.29, 1.82) is 0 Å². The highest BCUT2D eigenvalue weighted by molar-refractivity contribution is 6.74. The third-order valence-electron chi connectivity index (χ3n) is 4.16. The predicted molar refractivity (Wildman–Crippen MR) is 84.3 cm³/mol. The molecule has 5 nitrogen and oxygen atoms in total. The van der Waals surface area contributed by atoms with Crippen molar-refractivity contribution >= 4 is 25.9 Å². The van der Waals surface area contributed by atoms with E-state index in [2.05, 4.69) is 33.9 Å². The summed E-state index contributed by atoms with van der Waals surface area (Å²) in [6.07, 6.45) is -1.21. The van der Waals surface area contributed by atoms with Crippen LogP contribution in [0, 0.1) is 0 Å². The lowest BCUT2D eigenvalue weighted by Crippen LogP contribution is -2.52. The van der Waals surface area contributed by atoms with Crippen LogP contribution in [0.1, 0.15) is 34.6 Å². The van der Waals surface area contributed by atoms with E-state index in [9.17, 15) is 9.90 Å². The van der Waals surface area contributed by atoms with Crippen LogP contribution in [-0.4, -0.2) is 49.4 Å². The molecule has 1 aliphatic rings. The molecule has 0 radical (unpaired) electrons. The van der Waals surface area contributed by atoms with Crippen molar-refractivity contribution in [1.82, 2.24) is 0 Å². The Morgan fingerprint density at radius 3 is 2.29 bits per heavy atom. The molecule has 21 heavy (non-hydrogen) atoms. The van der Waals surface area contributed by atoms with Gasteiger partial charge in [0.05, 0.1) is 6.61 Å². The molecule has 0 aromatic heterocycles. The van der Waals surface area contributed by atoms with E-state index in [0.717, 1.165) is 0 Å². The first-order valence-corrected chi connectivity index (χ1v) is 10.5. The first kappa shape index (κ1) is 18.9. The summed E-state index contributed by atoms with van der Waals surface area (Å²) in [4.78, 5) is 11.3.